The van der Waals surface area contributed by atoms with E-state index in [2.05, 4.69) is 4.98 Å². The molecule has 0 unspecified atom stereocenters. The highest BCUT2D eigenvalue weighted by Gasteiger charge is 2.27. The van der Waals surface area contributed by atoms with Crippen molar-refractivity contribution in [2.45, 2.75) is 20.0 Å². The molecule has 0 saturated carbocycles. The normalized spacial score (nSPS) is 11.8. The number of hydrogen-bond donors (Lipinski definition) is 1. The van der Waals surface area contributed by atoms with Crippen molar-refractivity contribution in [2.24, 2.45) is 0 Å². The number of ether oxygens (including phenoxy) is 2. The fourth-order valence-corrected chi connectivity index (χ4v) is 3.04. The van der Waals surface area contributed by atoms with Crippen molar-refractivity contribution < 1.29 is 24.0 Å². The van der Waals surface area contributed by atoms with Crippen LogP contribution in [-0.2, 0) is 4.74 Å². The minimum atomic E-state index is -1.09. The number of hydrogen-bond acceptors (Lipinski definition) is 6. The number of rotatable bonds is 6. The standard InChI is InChI=1S/C20H18N2O6/c1-11-18(14-6-4-5-7-16(14)21-11)19(23)12(2)28-20(24)15-10-13(22(25)26)8-9-17(15)27-3/h4-10,12,21H,1-3H3/t12-/m0/s1. The number of H-pyrrole nitrogens is 1. The van der Waals surface area contributed by atoms with Gasteiger partial charge < -0.3 is 14.5 Å². The van der Waals surface area contributed by atoms with E-state index >= 15 is 0 Å². The molecule has 1 aromatic heterocycles. The fourth-order valence-electron chi connectivity index (χ4n) is 3.04. The maximum atomic E-state index is 12.9. The van der Waals surface area contributed by atoms with Gasteiger partial charge >= 0.3 is 5.97 Å². The molecule has 8 nitrogen and oxygen atoms in total. The van der Waals surface area contributed by atoms with E-state index in [9.17, 15) is 19.7 Å². The average molecular weight is 382 g/mol. The molecular weight excluding hydrogens is 364 g/mol. The first-order valence-electron chi connectivity index (χ1n) is 8.48. The number of nitro groups is 1. The molecular formula is C20H18N2O6. The molecule has 3 aromatic rings. The number of aromatic amines is 1. The van der Waals surface area contributed by atoms with Crippen molar-refractivity contribution in [1.82, 2.24) is 4.98 Å². The van der Waals surface area contributed by atoms with E-state index in [0.717, 1.165) is 17.0 Å². The van der Waals surface area contributed by atoms with Gasteiger partial charge in [0, 0.05) is 34.3 Å². The lowest BCUT2D eigenvalue weighted by Crippen LogP contribution is -2.25. The van der Waals surface area contributed by atoms with E-state index < -0.39 is 17.0 Å². The van der Waals surface area contributed by atoms with Gasteiger partial charge in [0.2, 0.25) is 5.78 Å². The third kappa shape index (κ3) is 3.44. The summed E-state index contributed by atoms with van der Waals surface area (Å²) in [4.78, 5) is 38.9. The number of nitrogens with one attached hydrogen (secondary N) is 1. The van der Waals surface area contributed by atoms with Crippen molar-refractivity contribution in [2.75, 3.05) is 7.11 Å². The van der Waals surface area contributed by atoms with Gasteiger partial charge in [0.1, 0.15) is 11.3 Å². The van der Waals surface area contributed by atoms with Crippen molar-refractivity contribution in [3.05, 3.63) is 69.4 Å². The Morgan fingerprint density at radius 3 is 2.57 bits per heavy atom. The summed E-state index contributed by atoms with van der Waals surface area (Å²) < 4.78 is 10.4. The van der Waals surface area contributed by atoms with Crippen molar-refractivity contribution in [3.63, 3.8) is 0 Å². The lowest BCUT2D eigenvalue weighted by molar-refractivity contribution is -0.384. The minimum Gasteiger partial charge on any atom is -0.496 e. The van der Waals surface area contributed by atoms with E-state index in [1.807, 2.05) is 24.3 Å². The van der Waals surface area contributed by atoms with E-state index in [0.29, 0.717) is 11.3 Å². The molecule has 1 N–H and O–H groups in total. The molecule has 0 aliphatic heterocycles. The predicted molar refractivity (Wildman–Crippen MR) is 102 cm³/mol. The van der Waals surface area contributed by atoms with E-state index in [-0.39, 0.29) is 22.8 Å². The van der Waals surface area contributed by atoms with Crippen LogP contribution in [-0.4, -0.2) is 34.9 Å². The summed E-state index contributed by atoms with van der Waals surface area (Å²) in [6, 6.07) is 10.9. The second-order valence-corrected chi connectivity index (χ2v) is 6.22. The van der Waals surface area contributed by atoms with Crippen LogP contribution in [0.15, 0.2) is 42.5 Å². The number of para-hydroxylation sites is 1. The molecule has 0 spiro atoms. The Bertz CT molecular complexity index is 1090. The van der Waals surface area contributed by atoms with Crippen molar-refractivity contribution in [1.29, 1.82) is 0 Å². The molecule has 2 aromatic carbocycles. The summed E-state index contributed by atoms with van der Waals surface area (Å²) >= 11 is 0. The molecule has 0 amide bonds. The van der Waals surface area contributed by atoms with Crippen LogP contribution in [0.25, 0.3) is 10.9 Å². The van der Waals surface area contributed by atoms with Gasteiger partial charge in [0.05, 0.1) is 12.0 Å². The van der Waals surface area contributed by atoms with Gasteiger partial charge in [-0.1, -0.05) is 18.2 Å². The van der Waals surface area contributed by atoms with E-state index in [1.165, 1.54) is 26.2 Å². The first kappa shape index (κ1) is 19.1. The highest BCUT2D eigenvalue weighted by atomic mass is 16.6. The monoisotopic (exact) mass is 382 g/mol. The van der Waals surface area contributed by atoms with Crippen LogP contribution in [0, 0.1) is 17.0 Å². The van der Waals surface area contributed by atoms with Gasteiger partial charge in [-0.05, 0) is 26.0 Å². The number of aromatic nitrogens is 1. The highest BCUT2D eigenvalue weighted by molar-refractivity contribution is 6.11. The molecule has 1 atom stereocenters. The third-order valence-electron chi connectivity index (χ3n) is 4.41. The summed E-state index contributed by atoms with van der Waals surface area (Å²) in [5, 5.41) is 11.7. The Kier molecular flexibility index (Phi) is 5.12. The number of fused-ring (bicyclic) bond motifs is 1. The number of carbonyl (C=O) groups excluding carboxylic acids is 2. The maximum absolute atomic E-state index is 12.9. The zero-order valence-corrected chi connectivity index (χ0v) is 15.5. The van der Waals surface area contributed by atoms with Gasteiger partial charge in [-0.25, -0.2) is 4.79 Å². The molecule has 3 rings (SSSR count). The largest absolute Gasteiger partial charge is 0.496 e. The predicted octanol–water partition coefficient (Wildman–Crippen LogP) is 3.82. The Morgan fingerprint density at radius 2 is 1.89 bits per heavy atom. The topological polar surface area (TPSA) is 112 Å². The van der Waals surface area contributed by atoms with Gasteiger partial charge in [-0.3, -0.25) is 14.9 Å². The maximum Gasteiger partial charge on any atom is 0.342 e. The molecule has 0 fully saturated rings. The van der Waals surface area contributed by atoms with Crippen LogP contribution < -0.4 is 4.74 Å². The molecule has 144 valence electrons. The number of nitro benzene ring substituents is 1. The summed E-state index contributed by atoms with van der Waals surface area (Å²) in [7, 11) is 1.34. The van der Waals surface area contributed by atoms with Crippen LogP contribution in [0.2, 0.25) is 0 Å². The van der Waals surface area contributed by atoms with Crippen molar-refractivity contribution >= 4 is 28.3 Å². The SMILES string of the molecule is COc1ccc([N+](=O)[O-])cc1C(=O)O[C@@H](C)C(=O)c1c(C)[nH]c2ccccc12. The number of Topliss-reactive ketones (excluding diaryl/α,β-unsaturated/α-hetero) is 1. The molecule has 0 aliphatic carbocycles. The Hall–Kier alpha value is -3.68. The first-order valence-corrected chi connectivity index (χ1v) is 8.48. The quantitative estimate of drug-likeness (QED) is 0.300. The Balaban J connectivity index is 1.88. The van der Waals surface area contributed by atoms with Gasteiger partial charge in [-0.2, -0.15) is 0 Å². The van der Waals surface area contributed by atoms with Gasteiger partial charge in [0.15, 0.2) is 6.10 Å². The fraction of sp³-hybridized carbons (Fsp3) is 0.200. The summed E-state index contributed by atoms with van der Waals surface area (Å²) in [5.41, 5.74) is 1.53. The number of esters is 1. The zero-order chi connectivity index (χ0) is 20.4. The van der Waals surface area contributed by atoms with E-state index in [1.54, 1.807) is 6.92 Å². The van der Waals surface area contributed by atoms with Crippen molar-refractivity contribution in [3.8, 4) is 5.75 Å². The average Bonchev–Trinajstić information content (AvgIpc) is 3.02. The number of nitrogens with zero attached hydrogens (tertiary/aromatic N) is 1. The highest BCUT2D eigenvalue weighted by Crippen LogP contribution is 2.27. The molecule has 0 bridgehead atoms. The third-order valence-corrected chi connectivity index (χ3v) is 4.41. The number of carbonyl (C=O) groups is 2. The number of methoxy groups -OCH3 is 1. The van der Waals surface area contributed by atoms with Crippen LogP contribution >= 0.6 is 0 Å². The van der Waals surface area contributed by atoms with Crippen LogP contribution in [0.5, 0.6) is 5.75 Å². The summed E-state index contributed by atoms with van der Waals surface area (Å²) in [5.74, 6) is -1.12. The molecule has 0 saturated heterocycles. The molecule has 0 aliphatic rings. The second kappa shape index (κ2) is 7.51. The number of aryl methyl sites for hydroxylation is 1. The van der Waals surface area contributed by atoms with Gasteiger partial charge in [-0.15, -0.1) is 0 Å². The molecule has 0 radical (unpaired) electrons. The number of ketones is 1. The number of non-ortho nitro benzene ring substituents is 1. The summed E-state index contributed by atoms with van der Waals surface area (Å²) in [6.07, 6.45) is -1.09. The Morgan fingerprint density at radius 1 is 1.18 bits per heavy atom. The second-order valence-electron chi connectivity index (χ2n) is 6.22. The van der Waals surface area contributed by atoms with E-state index in [4.69, 9.17) is 9.47 Å². The molecule has 28 heavy (non-hydrogen) atoms. The van der Waals surface area contributed by atoms with Crippen LogP contribution in [0.4, 0.5) is 5.69 Å². The lowest BCUT2D eigenvalue weighted by Gasteiger charge is -2.14. The minimum absolute atomic E-state index is 0.119. The molecule has 1 heterocycles. The number of benzene rings is 2. The van der Waals surface area contributed by atoms with Crippen LogP contribution in [0.1, 0.15) is 33.3 Å². The first-order chi connectivity index (χ1) is 13.3. The smallest absolute Gasteiger partial charge is 0.342 e. The van der Waals surface area contributed by atoms with Crippen LogP contribution in [0.3, 0.4) is 0 Å². The molecule has 8 heteroatoms. The summed E-state index contributed by atoms with van der Waals surface area (Å²) in [6.45, 7) is 3.23. The zero-order valence-electron chi connectivity index (χ0n) is 15.5. The van der Waals surface area contributed by atoms with Gasteiger partial charge in [0.25, 0.3) is 5.69 Å². The lowest BCUT2D eigenvalue weighted by atomic mass is 10.0. The Labute approximate surface area is 160 Å².